The van der Waals surface area contributed by atoms with E-state index in [1.807, 2.05) is 0 Å². The van der Waals surface area contributed by atoms with Crippen LogP contribution >= 0.6 is 11.6 Å². The van der Waals surface area contributed by atoms with E-state index in [-0.39, 0.29) is 31.1 Å². The number of ketones is 1. The summed E-state index contributed by atoms with van der Waals surface area (Å²) in [5, 5.41) is 3.09. The second-order valence-corrected chi connectivity index (χ2v) is 6.05. The van der Waals surface area contributed by atoms with E-state index in [4.69, 9.17) is 21.1 Å². The largest absolute Gasteiger partial charge is 0.496 e. The molecule has 0 saturated carbocycles. The Labute approximate surface area is 162 Å². The maximum absolute atomic E-state index is 12.4. The normalized spacial score (nSPS) is 10.2. The number of carbonyl (C=O) groups is 3. The number of ether oxygens (including phenoxy) is 2. The van der Waals surface area contributed by atoms with E-state index in [0.29, 0.717) is 27.6 Å². The van der Waals surface area contributed by atoms with Crippen LogP contribution in [0.2, 0.25) is 5.02 Å². The smallest absolute Gasteiger partial charge is 0.338 e. The van der Waals surface area contributed by atoms with Gasteiger partial charge >= 0.3 is 5.97 Å². The third kappa shape index (κ3) is 5.82. The Bertz CT molecular complexity index is 850. The Hall–Kier alpha value is -2.86. The molecule has 0 bridgehead atoms. The van der Waals surface area contributed by atoms with E-state index < -0.39 is 5.97 Å². The van der Waals surface area contributed by atoms with Crippen molar-refractivity contribution in [2.75, 3.05) is 19.0 Å². The molecule has 0 atom stereocenters. The molecule has 2 aromatic carbocycles. The van der Waals surface area contributed by atoms with Crippen LogP contribution in [0.4, 0.5) is 5.69 Å². The third-order valence-corrected chi connectivity index (χ3v) is 3.93. The Kier molecular flexibility index (Phi) is 7.37. The van der Waals surface area contributed by atoms with E-state index in [1.165, 1.54) is 19.2 Å². The maximum atomic E-state index is 12.4. The average Bonchev–Trinajstić information content (AvgIpc) is 2.66. The number of halogens is 1. The number of amides is 1. The minimum atomic E-state index is -0.461. The molecule has 0 saturated heterocycles. The van der Waals surface area contributed by atoms with Crippen LogP contribution in [0, 0.1) is 0 Å². The molecule has 0 aliphatic carbocycles. The van der Waals surface area contributed by atoms with Crippen LogP contribution in [0.1, 0.15) is 40.5 Å². The van der Waals surface area contributed by atoms with Crippen molar-refractivity contribution in [1.29, 1.82) is 0 Å². The van der Waals surface area contributed by atoms with Crippen LogP contribution in [-0.4, -0.2) is 31.4 Å². The standard InChI is InChI=1S/C20H20ClNO5/c1-3-27-20(25)13-5-4-6-15(11-13)22-19(24)10-8-17(23)16-12-14(21)7-9-18(16)26-2/h4-7,9,11-12H,3,8,10H2,1-2H3,(H,22,24). The molecule has 0 unspecified atom stereocenters. The number of esters is 1. The number of hydrogen-bond acceptors (Lipinski definition) is 5. The first-order valence-electron chi connectivity index (χ1n) is 8.38. The van der Waals surface area contributed by atoms with Crippen molar-refractivity contribution in [3.8, 4) is 5.75 Å². The summed E-state index contributed by atoms with van der Waals surface area (Å²) >= 11 is 5.93. The summed E-state index contributed by atoms with van der Waals surface area (Å²) in [4.78, 5) is 36.2. The van der Waals surface area contributed by atoms with Gasteiger partial charge in [-0.15, -0.1) is 0 Å². The molecule has 0 aromatic heterocycles. The molecule has 0 aliphatic rings. The van der Waals surface area contributed by atoms with Crippen LogP contribution < -0.4 is 10.1 Å². The number of methoxy groups -OCH3 is 1. The van der Waals surface area contributed by atoms with Gasteiger partial charge in [0.05, 0.1) is 24.8 Å². The second kappa shape index (κ2) is 9.73. The van der Waals surface area contributed by atoms with E-state index in [2.05, 4.69) is 5.32 Å². The van der Waals surface area contributed by atoms with E-state index in [0.717, 1.165) is 0 Å². The minimum absolute atomic E-state index is 0.000102. The topological polar surface area (TPSA) is 81.7 Å². The van der Waals surface area contributed by atoms with E-state index in [1.54, 1.807) is 37.3 Å². The van der Waals surface area contributed by atoms with Crippen LogP contribution in [0.25, 0.3) is 0 Å². The fourth-order valence-electron chi connectivity index (χ4n) is 2.42. The van der Waals surface area contributed by atoms with Gasteiger partial charge in [-0.3, -0.25) is 9.59 Å². The van der Waals surface area contributed by atoms with E-state index in [9.17, 15) is 14.4 Å². The summed E-state index contributed by atoms with van der Waals surface area (Å²) in [6.45, 7) is 1.99. The Morgan fingerprint density at radius 1 is 1.07 bits per heavy atom. The predicted octanol–water partition coefficient (Wildman–Crippen LogP) is 4.13. The predicted molar refractivity (Wildman–Crippen MR) is 103 cm³/mol. The average molecular weight is 390 g/mol. The van der Waals surface area contributed by atoms with Crippen molar-refractivity contribution in [2.24, 2.45) is 0 Å². The van der Waals surface area contributed by atoms with Gasteiger partial charge in [0.15, 0.2) is 5.78 Å². The van der Waals surface area contributed by atoms with Gasteiger partial charge in [0.1, 0.15) is 5.75 Å². The summed E-state index contributed by atoms with van der Waals surface area (Å²) in [5.74, 6) is -0.640. The van der Waals surface area contributed by atoms with E-state index >= 15 is 0 Å². The molecule has 0 radical (unpaired) electrons. The number of Topliss-reactive ketones (excluding diaryl/α,β-unsaturated/α-hetero) is 1. The fraction of sp³-hybridized carbons (Fsp3) is 0.250. The van der Waals surface area contributed by atoms with Gasteiger partial charge in [-0.05, 0) is 43.3 Å². The van der Waals surface area contributed by atoms with Crippen molar-refractivity contribution >= 4 is 34.9 Å². The molecule has 0 fully saturated rings. The molecule has 0 heterocycles. The highest BCUT2D eigenvalue weighted by Crippen LogP contribution is 2.24. The van der Waals surface area contributed by atoms with Gasteiger partial charge in [0.2, 0.25) is 5.91 Å². The van der Waals surface area contributed by atoms with Crippen molar-refractivity contribution in [3.05, 3.63) is 58.6 Å². The first-order valence-corrected chi connectivity index (χ1v) is 8.76. The highest BCUT2D eigenvalue weighted by molar-refractivity contribution is 6.31. The van der Waals surface area contributed by atoms with Crippen LogP contribution in [0.15, 0.2) is 42.5 Å². The maximum Gasteiger partial charge on any atom is 0.338 e. The SMILES string of the molecule is CCOC(=O)c1cccc(NC(=O)CCC(=O)c2cc(Cl)ccc2OC)c1. The molecule has 6 nitrogen and oxygen atoms in total. The zero-order chi connectivity index (χ0) is 19.8. The van der Waals surface area contributed by atoms with Gasteiger partial charge < -0.3 is 14.8 Å². The minimum Gasteiger partial charge on any atom is -0.496 e. The number of benzene rings is 2. The molecule has 142 valence electrons. The number of hydrogen-bond donors (Lipinski definition) is 1. The molecule has 2 rings (SSSR count). The molecule has 1 amide bonds. The molecule has 7 heteroatoms. The zero-order valence-corrected chi connectivity index (χ0v) is 15.8. The molecular weight excluding hydrogens is 370 g/mol. The fourth-order valence-corrected chi connectivity index (χ4v) is 2.59. The van der Waals surface area contributed by atoms with Gasteiger partial charge in [0, 0.05) is 23.6 Å². The van der Waals surface area contributed by atoms with Gasteiger partial charge in [-0.1, -0.05) is 17.7 Å². The quantitative estimate of drug-likeness (QED) is 0.542. The lowest BCUT2D eigenvalue weighted by molar-refractivity contribution is -0.116. The Balaban J connectivity index is 1.97. The lowest BCUT2D eigenvalue weighted by Crippen LogP contribution is -2.14. The van der Waals surface area contributed by atoms with Crippen molar-refractivity contribution < 1.29 is 23.9 Å². The monoisotopic (exact) mass is 389 g/mol. The number of rotatable bonds is 8. The van der Waals surface area contributed by atoms with Crippen molar-refractivity contribution in [1.82, 2.24) is 0 Å². The van der Waals surface area contributed by atoms with Crippen LogP contribution in [0.5, 0.6) is 5.75 Å². The summed E-state index contributed by atoms with van der Waals surface area (Å²) < 4.78 is 10.1. The second-order valence-electron chi connectivity index (χ2n) is 5.62. The third-order valence-electron chi connectivity index (χ3n) is 3.70. The summed E-state index contributed by atoms with van der Waals surface area (Å²) in [6.07, 6.45) is -0.0156. The highest BCUT2D eigenvalue weighted by Gasteiger charge is 2.15. The first-order chi connectivity index (χ1) is 12.9. The summed E-state index contributed by atoms with van der Waals surface area (Å²) in [6, 6.07) is 11.2. The first kappa shape index (κ1) is 20.5. The highest BCUT2D eigenvalue weighted by atomic mass is 35.5. The summed E-state index contributed by atoms with van der Waals surface area (Å²) in [5.41, 5.74) is 1.13. The molecule has 1 N–H and O–H groups in total. The molecule has 2 aromatic rings. The van der Waals surface area contributed by atoms with Gasteiger partial charge in [-0.25, -0.2) is 4.79 Å². The van der Waals surface area contributed by atoms with Crippen LogP contribution in [-0.2, 0) is 9.53 Å². The zero-order valence-electron chi connectivity index (χ0n) is 15.1. The number of carbonyl (C=O) groups excluding carboxylic acids is 3. The molecule has 0 aliphatic heterocycles. The number of nitrogens with one attached hydrogen (secondary N) is 1. The Morgan fingerprint density at radius 3 is 2.56 bits per heavy atom. The molecular formula is C20H20ClNO5. The molecule has 27 heavy (non-hydrogen) atoms. The van der Waals surface area contributed by atoms with Crippen LogP contribution in [0.3, 0.4) is 0 Å². The van der Waals surface area contributed by atoms with Crippen molar-refractivity contribution in [3.63, 3.8) is 0 Å². The molecule has 0 spiro atoms. The van der Waals surface area contributed by atoms with Crippen molar-refractivity contribution in [2.45, 2.75) is 19.8 Å². The number of anilines is 1. The lowest BCUT2D eigenvalue weighted by atomic mass is 10.1. The van der Waals surface area contributed by atoms with Gasteiger partial charge in [0.25, 0.3) is 0 Å². The lowest BCUT2D eigenvalue weighted by Gasteiger charge is -2.09. The van der Waals surface area contributed by atoms with Gasteiger partial charge in [-0.2, -0.15) is 0 Å². The summed E-state index contributed by atoms with van der Waals surface area (Å²) in [7, 11) is 1.46. The Morgan fingerprint density at radius 2 is 1.85 bits per heavy atom.